The van der Waals surface area contributed by atoms with Crippen LogP contribution < -0.4 is 10.1 Å². The van der Waals surface area contributed by atoms with Crippen LogP contribution in [-0.2, 0) is 0 Å². The fraction of sp³-hybridized carbons (Fsp3) is 0.211. The average Bonchev–Trinajstić information content (AvgIpc) is 3.01. The molecule has 2 N–H and O–H groups in total. The van der Waals surface area contributed by atoms with Gasteiger partial charge in [0.1, 0.15) is 5.75 Å². The number of ether oxygens (including phenoxy) is 1. The molecule has 0 aliphatic rings. The molecular weight excluding hydrogens is 419 g/mol. The number of aromatic nitrogens is 1. The van der Waals surface area contributed by atoms with Gasteiger partial charge in [-0.1, -0.05) is 11.6 Å². The van der Waals surface area contributed by atoms with Crippen LogP contribution in [-0.4, -0.2) is 23.7 Å². The summed E-state index contributed by atoms with van der Waals surface area (Å²) in [5.41, 5.74) is 0.646. The summed E-state index contributed by atoms with van der Waals surface area (Å²) in [7, 11) is 0. The number of anilines is 1. The summed E-state index contributed by atoms with van der Waals surface area (Å²) in [5.74, 6) is -2.61. The normalized spacial score (nSPS) is 11.7. The summed E-state index contributed by atoms with van der Waals surface area (Å²) >= 11 is 5.96. The second kappa shape index (κ2) is 8.28. The monoisotopic (exact) mass is 432 g/mol. The average molecular weight is 433 g/mol. The molecule has 0 aliphatic heterocycles. The number of amides is 1. The highest BCUT2D eigenvalue weighted by molar-refractivity contribution is 6.32. The van der Waals surface area contributed by atoms with Crippen LogP contribution in [0.25, 0.3) is 10.9 Å². The number of fused-ring (bicyclic) bond motifs is 1. The standard InChI is InChI=1S/C19H14ClF5N2O2/c20-12-3-2-10(6-17(12)29-5-1-4-19(23,24)25)18(28)27-16-9-26-15-8-14(22)13(21)7-11(15)16/h2-3,6-9,26H,1,4-5H2,(H,27,28). The van der Waals surface area contributed by atoms with Crippen LogP contribution in [0.4, 0.5) is 27.6 Å². The van der Waals surface area contributed by atoms with E-state index in [2.05, 4.69) is 10.3 Å². The van der Waals surface area contributed by atoms with Crippen LogP contribution in [0.3, 0.4) is 0 Å². The number of rotatable bonds is 6. The first kappa shape index (κ1) is 20.9. The molecule has 0 atom stereocenters. The van der Waals surface area contributed by atoms with Crippen LogP contribution in [0.1, 0.15) is 23.2 Å². The third-order valence-corrected chi connectivity index (χ3v) is 4.34. The van der Waals surface area contributed by atoms with E-state index in [9.17, 15) is 26.7 Å². The fourth-order valence-corrected chi connectivity index (χ4v) is 2.80. The second-order valence-electron chi connectivity index (χ2n) is 6.18. The highest BCUT2D eigenvalue weighted by Gasteiger charge is 2.26. The molecule has 1 aromatic heterocycles. The molecule has 1 amide bonds. The van der Waals surface area contributed by atoms with Gasteiger partial charge in [-0.15, -0.1) is 0 Å². The van der Waals surface area contributed by atoms with E-state index < -0.39 is 30.1 Å². The molecule has 0 radical (unpaired) electrons. The number of benzene rings is 2. The van der Waals surface area contributed by atoms with E-state index in [-0.39, 0.29) is 40.4 Å². The third-order valence-electron chi connectivity index (χ3n) is 4.03. The van der Waals surface area contributed by atoms with E-state index in [1.165, 1.54) is 24.4 Å². The van der Waals surface area contributed by atoms with Crippen LogP contribution in [0.15, 0.2) is 36.5 Å². The summed E-state index contributed by atoms with van der Waals surface area (Å²) in [5, 5.41) is 2.97. The van der Waals surface area contributed by atoms with E-state index in [1.807, 2.05) is 0 Å². The molecule has 3 aromatic rings. The molecule has 3 rings (SSSR count). The van der Waals surface area contributed by atoms with Crippen molar-refractivity contribution in [1.82, 2.24) is 4.98 Å². The Morgan fingerprint density at radius 2 is 1.86 bits per heavy atom. The fourth-order valence-electron chi connectivity index (χ4n) is 2.62. The quantitative estimate of drug-likeness (QED) is 0.367. The van der Waals surface area contributed by atoms with Gasteiger partial charge >= 0.3 is 6.18 Å². The van der Waals surface area contributed by atoms with Gasteiger partial charge in [-0.2, -0.15) is 13.2 Å². The van der Waals surface area contributed by atoms with Gasteiger partial charge in [0.2, 0.25) is 0 Å². The molecule has 0 saturated carbocycles. The van der Waals surface area contributed by atoms with Crippen molar-refractivity contribution >= 4 is 34.1 Å². The van der Waals surface area contributed by atoms with Gasteiger partial charge in [0, 0.05) is 29.6 Å². The predicted octanol–water partition coefficient (Wildman–Crippen LogP) is 6.07. The molecule has 0 saturated heterocycles. The van der Waals surface area contributed by atoms with Crippen LogP contribution >= 0.6 is 11.6 Å². The molecule has 154 valence electrons. The highest BCUT2D eigenvalue weighted by Crippen LogP contribution is 2.29. The van der Waals surface area contributed by atoms with E-state index in [0.717, 1.165) is 12.1 Å². The number of carbonyl (C=O) groups is 1. The van der Waals surface area contributed by atoms with E-state index >= 15 is 0 Å². The minimum atomic E-state index is -4.28. The van der Waals surface area contributed by atoms with Gasteiger partial charge < -0.3 is 15.0 Å². The van der Waals surface area contributed by atoms with Gasteiger partial charge in [-0.05, 0) is 30.7 Å². The largest absolute Gasteiger partial charge is 0.492 e. The molecule has 10 heteroatoms. The van der Waals surface area contributed by atoms with Crippen molar-refractivity contribution in [2.75, 3.05) is 11.9 Å². The van der Waals surface area contributed by atoms with E-state index in [0.29, 0.717) is 5.52 Å². The molecule has 0 unspecified atom stereocenters. The molecule has 29 heavy (non-hydrogen) atoms. The molecule has 4 nitrogen and oxygen atoms in total. The summed E-state index contributed by atoms with van der Waals surface area (Å²) in [6.45, 7) is -0.225. The second-order valence-corrected chi connectivity index (χ2v) is 6.59. The summed E-state index contributed by atoms with van der Waals surface area (Å²) in [4.78, 5) is 15.2. The summed E-state index contributed by atoms with van der Waals surface area (Å²) in [6, 6.07) is 5.98. The lowest BCUT2D eigenvalue weighted by molar-refractivity contribution is -0.136. The minimum absolute atomic E-state index is 0.0635. The molecule has 2 aromatic carbocycles. The highest BCUT2D eigenvalue weighted by atomic mass is 35.5. The first-order chi connectivity index (χ1) is 13.6. The first-order valence-electron chi connectivity index (χ1n) is 8.40. The van der Waals surface area contributed by atoms with Crippen molar-refractivity contribution in [1.29, 1.82) is 0 Å². The summed E-state index contributed by atoms with van der Waals surface area (Å²) < 4.78 is 68.6. The molecule has 0 spiro atoms. The van der Waals surface area contributed by atoms with Gasteiger partial charge in [-0.25, -0.2) is 8.78 Å². The van der Waals surface area contributed by atoms with Crippen molar-refractivity contribution in [3.05, 3.63) is 58.7 Å². The van der Waals surface area contributed by atoms with E-state index in [4.69, 9.17) is 16.3 Å². The number of H-pyrrole nitrogens is 1. The van der Waals surface area contributed by atoms with Crippen molar-refractivity contribution in [3.63, 3.8) is 0 Å². The van der Waals surface area contributed by atoms with E-state index in [1.54, 1.807) is 0 Å². The van der Waals surface area contributed by atoms with Crippen molar-refractivity contribution in [3.8, 4) is 5.75 Å². The third kappa shape index (κ3) is 5.17. The van der Waals surface area contributed by atoms with Crippen LogP contribution in [0.5, 0.6) is 5.75 Å². The maximum absolute atomic E-state index is 13.5. The Kier molecular flexibility index (Phi) is 5.97. The molecule has 0 aliphatic carbocycles. The molecule has 0 fully saturated rings. The Bertz CT molecular complexity index is 1050. The number of alkyl halides is 3. The Balaban J connectivity index is 1.72. The smallest absolute Gasteiger partial charge is 0.389 e. The SMILES string of the molecule is O=C(Nc1c[nH]c2cc(F)c(F)cc12)c1ccc(Cl)c(OCCCC(F)(F)F)c1. The number of hydrogen-bond acceptors (Lipinski definition) is 2. The van der Waals surface area contributed by atoms with Gasteiger partial charge in [0.15, 0.2) is 11.6 Å². The van der Waals surface area contributed by atoms with Crippen molar-refractivity contribution in [2.45, 2.75) is 19.0 Å². The van der Waals surface area contributed by atoms with Gasteiger partial charge in [0.25, 0.3) is 5.91 Å². The van der Waals surface area contributed by atoms with Crippen molar-refractivity contribution in [2.24, 2.45) is 0 Å². The Hall–Kier alpha value is -2.81. The predicted molar refractivity (Wildman–Crippen MR) is 98.4 cm³/mol. The lowest BCUT2D eigenvalue weighted by atomic mass is 10.2. The number of carbonyl (C=O) groups excluding carboxylic acids is 1. The van der Waals surface area contributed by atoms with Crippen LogP contribution in [0.2, 0.25) is 5.02 Å². The minimum Gasteiger partial charge on any atom is -0.492 e. The summed E-state index contributed by atoms with van der Waals surface area (Å²) in [6.07, 6.45) is -4.15. The van der Waals surface area contributed by atoms with Gasteiger partial charge in [-0.3, -0.25) is 4.79 Å². The lowest BCUT2D eigenvalue weighted by Crippen LogP contribution is -2.12. The zero-order valence-electron chi connectivity index (χ0n) is 14.7. The number of nitrogens with one attached hydrogen (secondary N) is 2. The Labute approximate surface area is 166 Å². The first-order valence-corrected chi connectivity index (χ1v) is 8.78. The number of aromatic amines is 1. The topological polar surface area (TPSA) is 54.1 Å². The van der Waals surface area contributed by atoms with Gasteiger partial charge in [0.05, 0.1) is 22.8 Å². The zero-order valence-corrected chi connectivity index (χ0v) is 15.4. The molecule has 1 heterocycles. The Morgan fingerprint density at radius 3 is 2.59 bits per heavy atom. The maximum atomic E-state index is 13.5. The number of hydrogen-bond donors (Lipinski definition) is 2. The van der Waals surface area contributed by atoms with Crippen molar-refractivity contribution < 1.29 is 31.5 Å². The molecule has 0 bridgehead atoms. The zero-order chi connectivity index (χ0) is 21.2. The lowest BCUT2D eigenvalue weighted by Gasteiger charge is -2.11. The number of halogens is 6. The maximum Gasteiger partial charge on any atom is 0.389 e. The van der Waals surface area contributed by atoms with Crippen LogP contribution in [0, 0.1) is 11.6 Å². The molecular formula is C19H14ClF5N2O2. The Morgan fingerprint density at radius 1 is 1.14 bits per heavy atom.